The van der Waals surface area contributed by atoms with Crippen molar-refractivity contribution in [2.45, 2.75) is 19.8 Å². The molecule has 0 saturated heterocycles. The van der Waals surface area contributed by atoms with Crippen LogP contribution in [0.3, 0.4) is 0 Å². The molecule has 1 aromatic heterocycles. The van der Waals surface area contributed by atoms with Crippen molar-refractivity contribution >= 4 is 11.5 Å². The van der Waals surface area contributed by atoms with Gasteiger partial charge in [-0.25, -0.2) is 0 Å². The Morgan fingerprint density at radius 3 is 2.70 bits per heavy atom. The topological polar surface area (TPSA) is 36.7 Å². The van der Waals surface area contributed by atoms with E-state index >= 15 is 0 Å². The summed E-state index contributed by atoms with van der Waals surface area (Å²) in [5.74, 6) is 0.429. The molecule has 0 fully saturated rings. The lowest BCUT2D eigenvalue weighted by Gasteiger charge is -1.94. The van der Waals surface area contributed by atoms with Crippen LogP contribution in [-0.4, -0.2) is 4.37 Å². The Hall–Kier alpha value is -0.880. The quantitative estimate of drug-likeness (QED) is 0.618. The van der Waals surface area contributed by atoms with Gasteiger partial charge in [0.25, 0.3) is 0 Å². The number of nitrogens with zero attached hydrogens (tertiary/aromatic N) is 2. The zero-order chi connectivity index (χ0) is 7.56. The lowest BCUT2D eigenvalue weighted by Crippen LogP contribution is -1.83. The largest absolute Gasteiger partial charge is 0.196 e. The molecule has 0 N–H and O–H groups in total. The highest BCUT2D eigenvalue weighted by Crippen LogP contribution is 2.16. The molecule has 1 rings (SSSR count). The average Bonchev–Trinajstić information content (AvgIpc) is 2.34. The Morgan fingerprint density at radius 1 is 1.70 bits per heavy atom. The average molecular weight is 152 g/mol. The summed E-state index contributed by atoms with van der Waals surface area (Å²) in [7, 11) is 0. The maximum Gasteiger partial charge on any atom is 0.125 e. The summed E-state index contributed by atoms with van der Waals surface area (Å²) < 4.78 is 4.11. The number of hydrogen-bond donors (Lipinski definition) is 0. The lowest BCUT2D eigenvalue weighted by atomic mass is 10.1. The fourth-order valence-electron chi connectivity index (χ4n) is 0.614. The van der Waals surface area contributed by atoms with Crippen molar-refractivity contribution in [1.82, 2.24) is 4.37 Å². The zero-order valence-corrected chi connectivity index (χ0v) is 6.77. The molecule has 0 bridgehead atoms. The van der Waals surface area contributed by atoms with Gasteiger partial charge in [-0.2, -0.15) is 9.64 Å². The molecule has 0 radical (unpaired) electrons. The number of hydrogen-bond acceptors (Lipinski definition) is 3. The van der Waals surface area contributed by atoms with Crippen molar-refractivity contribution < 1.29 is 0 Å². The molecule has 0 saturated carbocycles. The molecule has 0 atom stereocenters. The number of aromatic nitrogens is 1. The van der Waals surface area contributed by atoms with E-state index in [4.69, 9.17) is 5.26 Å². The van der Waals surface area contributed by atoms with E-state index in [0.717, 1.165) is 5.69 Å². The Balaban J connectivity index is 2.91. The molecule has 52 valence electrons. The van der Waals surface area contributed by atoms with Crippen LogP contribution >= 0.6 is 11.5 Å². The van der Waals surface area contributed by atoms with Crippen molar-refractivity contribution in [2.24, 2.45) is 0 Å². The third-order valence-corrected chi connectivity index (χ3v) is 1.94. The molecule has 1 heterocycles. The molecule has 0 amide bonds. The summed E-state index contributed by atoms with van der Waals surface area (Å²) in [4.78, 5) is 0.698. The fourth-order valence-corrected chi connectivity index (χ4v) is 1.30. The van der Waals surface area contributed by atoms with Gasteiger partial charge in [0.1, 0.15) is 10.9 Å². The standard InChI is InChI=1S/C7H8N2S/c1-5(2)7-3-6(4-8)10-9-7/h3,5H,1-2H3. The van der Waals surface area contributed by atoms with Crippen LogP contribution in [0.1, 0.15) is 30.3 Å². The van der Waals surface area contributed by atoms with E-state index in [2.05, 4.69) is 24.3 Å². The predicted molar refractivity (Wildman–Crippen MR) is 40.9 cm³/mol. The lowest BCUT2D eigenvalue weighted by molar-refractivity contribution is 0.840. The van der Waals surface area contributed by atoms with Gasteiger partial charge in [-0.3, -0.25) is 0 Å². The monoisotopic (exact) mass is 152 g/mol. The molecule has 0 aliphatic carbocycles. The van der Waals surface area contributed by atoms with Crippen molar-refractivity contribution in [1.29, 1.82) is 5.26 Å². The third kappa shape index (κ3) is 1.34. The summed E-state index contributed by atoms with van der Waals surface area (Å²) in [6, 6.07) is 3.90. The second-order valence-electron chi connectivity index (χ2n) is 2.38. The summed E-state index contributed by atoms with van der Waals surface area (Å²) in [5, 5.41) is 8.45. The number of rotatable bonds is 1. The van der Waals surface area contributed by atoms with Crippen LogP contribution in [0.5, 0.6) is 0 Å². The van der Waals surface area contributed by atoms with Gasteiger partial charge >= 0.3 is 0 Å². The van der Waals surface area contributed by atoms with E-state index in [1.807, 2.05) is 6.07 Å². The molecule has 0 aliphatic rings. The summed E-state index contributed by atoms with van der Waals surface area (Å²) >= 11 is 1.27. The predicted octanol–water partition coefficient (Wildman–Crippen LogP) is 2.14. The minimum absolute atomic E-state index is 0.429. The van der Waals surface area contributed by atoms with Gasteiger partial charge in [0.05, 0.1) is 5.69 Å². The molecule has 1 aromatic rings. The molecular weight excluding hydrogens is 144 g/mol. The molecule has 0 spiro atoms. The van der Waals surface area contributed by atoms with Crippen LogP contribution in [0, 0.1) is 11.3 Å². The van der Waals surface area contributed by atoms with Gasteiger partial charge in [-0.1, -0.05) is 13.8 Å². The first-order valence-electron chi connectivity index (χ1n) is 3.10. The Morgan fingerprint density at radius 2 is 2.40 bits per heavy atom. The second-order valence-corrected chi connectivity index (χ2v) is 3.19. The van der Waals surface area contributed by atoms with E-state index in [0.29, 0.717) is 10.8 Å². The van der Waals surface area contributed by atoms with Crippen LogP contribution in [-0.2, 0) is 0 Å². The van der Waals surface area contributed by atoms with Gasteiger partial charge in [0.2, 0.25) is 0 Å². The molecule has 0 aliphatic heterocycles. The van der Waals surface area contributed by atoms with Crippen molar-refractivity contribution in [2.75, 3.05) is 0 Å². The highest BCUT2D eigenvalue weighted by atomic mass is 32.1. The minimum atomic E-state index is 0.429. The fraction of sp³-hybridized carbons (Fsp3) is 0.429. The summed E-state index contributed by atoms with van der Waals surface area (Å²) in [6.07, 6.45) is 0. The van der Waals surface area contributed by atoms with Crippen LogP contribution < -0.4 is 0 Å². The zero-order valence-electron chi connectivity index (χ0n) is 5.96. The van der Waals surface area contributed by atoms with Gasteiger partial charge in [0, 0.05) is 0 Å². The number of nitriles is 1. The Labute approximate surface area is 64.3 Å². The SMILES string of the molecule is CC(C)c1cc(C#N)sn1. The van der Waals surface area contributed by atoms with Crippen LogP contribution in [0.25, 0.3) is 0 Å². The van der Waals surface area contributed by atoms with E-state index in [-0.39, 0.29) is 0 Å². The van der Waals surface area contributed by atoms with Crippen LogP contribution in [0.2, 0.25) is 0 Å². The van der Waals surface area contributed by atoms with E-state index < -0.39 is 0 Å². The maximum absolute atomic E-state index is 8.45. The van der Waals surface area contributed by atoms with Crippen LogP contribution in [0.15, 0.2) is 6.07 Å². The minimum Gasteiger partial charge on any atom is -0.196 e. The van der Waals surface area contributed by atoms with E-state index in [9.17, 15) is 0 Å². The first-order valence-corrected chi connectivity index (χ1v) is 3.88. The van der Waals surface area contributed by atoms with Crippen LogP contribution in [0.4, 0.5) is 0 Å². The first-order chi connectivity index (χ1) is 4.74. The molecule has 3 heteroatoms. The van der Waals surface area contributed by atoms with Crippen molar-refractivity contribution in [3.05, 3.63) is 16.6 Å². The highest BCUT2D eigenvalue weighted by Gasteiger charge is 2.03. The van der Waals surface area contributed by atoms with Crippen molar-refractivity contribution in [3.63, 3.8) is 0 Å². The highest BCUT2D eigenvalue weighted by molar-refractivity contribution is 7.06. The molecule has 2 nitrogen and oxygen atoms in total. The smallest absolute Gasteiger partial charge is 0.125 e. The molecule has 0 aromatic carbocycles. The van der Waals surface area contributed by atoms with Gasteiger partial charge < -0.3 is 0 Å². The van der Waals surface area contributed by atoms with E-state index in [1.165, 1.54) is 11.5 Å². The Kier molecular flexibility index (Phi) is 2.03. The van der Waals surface area contributed by atoms with Gasteiger partial charge in [0.15, 0.2) is 0 Å². The van der Waals surface area contributed by atoms with Crippen molar-refractivity contribution in [3.8, 4) is 6.07 Å². The van der Waals surface area contributed by atoms with Gasteiger partial charge in [-0.05, 0) is 23.5 Å². The summed E-state index contributed by atoms with van der Waals surface area (Å²) in [6.45, 7) is 4.13. The van der Waals surface area contributed by atoms with E-state index in [1.54, 1.807) is 0 Å². The summed E-state index contributed by atoms with van der Waals surface area (Å²) in [5.41, 5.74) is 1.02. The molecular formula is C7H8N2S. The van der Waals surface area contributed by atoms with Gasteiger partial charge in [-0.15, -0.1) is 0 Å². The normalized spacial score (nSPS) is 9.80. The second kappa shape index (κ2) is 2.80. The molecule has 0 unspecified atom stereocenters. The Bertz CT molecular complexity index is 257. The third-order valence-electron chi connectivity index (χ3n) is 1.23. The molecule has 10 heavy (non-hydrogen) atoms. The first kappa shape index (κ1) is 7.23. The maximum atomic E-state index is 8.45.